The van der Waals surface area contributed by atoms with Crippen LogP contribution < -0.4 is 10.5 Å². The molecule has 0 saturated carbocycles. The Balaban J connectivity index is 1.95. The minimum absolute atomic E-state index is 0.174. The van der Waals surface area contributed by atoms with Gasteiger partial charge < -0.3 is 15.2 Å². The summed E-state index contributed by atoms with van der Waals surface area (Å²) >= 11 is 0. The molecule has 0 aliphatic carbocycles. The molecule has 1 aliphatic heterocycles. The lowest BCUT2D eigenvalue weighted by molar-refractivity contribution is -0.138. The Labute approximate surface area is 214 Å². The molecule has 0 radical (unpaired) electrons. The summed E-state index contributed by atoms with van der Waals surface area (Å²) in [6, 6.07) is 10.4. The number of carbonyl (C=O) groups is 2. The summed E-state index contributed by atoms with van der Waals surface area (Å²) in [4.78, 5) is 29.7. The van der Waals surface area contributed by atoms with Crippen molar-refractivity contribution in [3.63, 3.8) is 0 Å². The van der Waals surface area contributed by atoms with Crippen LogP contribution in [0.5, 0.6) is 5.75 Å². The normalized spacial score (nSPS) is 14.0. The number of nitrogens with zero attached hydrogens (tertiary/aromatic N) is 1. The van der Waals surface area contributed by atoms with E-state index in [1.54, 1.807) is 6.20 Å². The number of rotatable bonds is 5. The summed E-state index contributed by atoms with van der Waals surface area (Å²) < 4.78 is 27.4. The van der Waals surface area contributed by atoms with Gasteiger partial charge in [0, 0.05) is 23.6 Å². The van der Waals surface area contributed by atoms with Crippen LogP contribution >= 0.6 is 0 Å². The lowest BCUT2D eigenvalue weighted by Crippen LogP contribution is -2.27. The predicted octanol–water partition coefficient (Wildman–Crippen LogP) is 5.98. The van der Waals surface area contributed by atoms with Crippen LogP contribution in [0.4, 0.5) is 4.39 Å². The Morgan fingerprint density at radius 1 is 1.16 bits per heavy atom. The van der Waals surface area contributed by atoms with Gasteiger partial charge in [-0.05, 0) is 98.0 Å². The number of benzene rings is 3. The molecule has 4 aromatic rings. The van der Waals surface area contributed by atoms with Crippen molar-refractivity contribution in [3.8, 4) is 16.9 Å². The number of ether oxygens (including phenoxy) is 2. The number of amides is 1. The third-order valence-corrected chi connectivity index (χ3v) is 6.68. The quantitative estimate of drug-likeness (QED) is 0.364. The first-order valence-corrected chi connectivity index (χ1v) is 12.2. The highest BCUT2D eigenvalue weighted by molar-refractivity contribution is 6.10. The molecule has 190 valence electrons. The van der Waals surface area contributed by atoms with Crippen LogP contribution in [0.1, 0.15) is 60.8 Å². The van der Waals surface area contributed by atoms with Gasteiger partial charge in [0.15, 0.2) is 5.78 Å². The highest BCUT2D eigenvalue weighted by Crippen LogP contribution is 2.45. The highest BCUT2D eigenvalue weighted by atomic mass is 19.1. The third-order valence-electron chi connectivity index (χ3n) is 6.68. The van der Waals surface area contributed by atoms with E-state index in [4.69, 9.17) is 20.2 Å². The summed E-state index contributed by atoms with van der Waals surface area (Å²) in [5.41, 5.74) is 9.21. The number of pyridine rings is 1. The molecule has 6 nitrogen and oxygen atoms in total. The number of primary amides is 1. The topological polar surface area (TPSA) is 91.5 Å². The molecular formula is C30H29FN2O4. The molecule has 0 unspecified atom stereocenters. The van der Waals surface area contributed by atoms with Gasteiger partial charge in [-0.15, -0.1) is 0 Å². The van der Waals surface area contributed by atoms with Crippen molar-refractivity contribution in [1.82, 2.24) is 4.98 Å². The van der Waals surface area contributed by atoms with Gasteiger partial charge in [-0.25, -0.2) is 4.39 Å². The van der Waals surface area contributed by atoms with Crippen LogP contribution in [0.2, 0.25) is 0 Å². The number of hydrogen-bond acceptors (Lipinski definition) is 5. The van der Waals surface area contributed by atoms with Gasteiger partial charge in [-0.1, -0.05) is 6.07 Å². The molecule has 0 fully saturated rings. The van der Waals surface area contributed by atoms with E-state index in [1.807, 2.05) is 52.0 Å². The molecule has 1 amide bonds. The molecule has 1 aliphatic rings. The van der Waals surface area contributed by atoms with Crippen molar-refractivity contribution in [2.45, 2.75) is 52.7 Å². The van der Waals surface area contributed by atoms with Gasteiger partial charge >= 0.3 is 0 Å². The van der Waals surface area contributed by atoms with Crippen LogP contribution in [0.3, 0.4) is 0 Å². The first-order chi connectivity index (χ1) is 17.5. The van der Waals surface area contributed by atoms with Crippen molar-refractivity contribution in [2.24, 2.45) is 5.73 Å². The van der Waals surface area contributed by atoms with E-state index in [9.17, 15) is 9.59 Å². The fourth-order valence-corrected chi connectivity index (χ4v) is 5.20. The first-order valence-electron chi connectivity index (χ1n) is 12.2. The van der Waals surface area contributed by atoms with E-state index >= 15 is 4.39 Å². The van der Waals surface area contributed by atoms with Crippen LogP contribution in [-0.2, 0) is 16.0 Å². The second-order valence-electron chi connectivity index (χ2n) is 10.5. The van der Waals surface area contributed by atoms with Gasteiger partial charge in [0.25, 0.3) is 5.91 Å². The molecule has 0 spiro atoms. The monoisotopic (exact) mass is 500 g/mol. The van der Waals surface area contributed by atoms with Crippen molar-refractivity contribution in [1.29, 1.82) is 0 Å². The number of Topliss-reactive ketones (excluding diaryl/α,β-unsaturated/α-hetero) is 1. The molecule has 2 heterocycles. The second-order valence-corrected chi connectivity index (χ2v) is 10.5. The Morgan fingerprint density at radius 3 is 2.59 bits per heavy atom. The van der Waals surface area contributed by atoms with Crippen molar-refractivity contribution in [3.05, 3.63) is 70.7 Å². The van der Waals surface area contributed by atoms with Crippen LogP contribution in [0, 0.1) is 12.7 Å². The minimum atomic E-state index is -0.902. The van der Waals surface area contributed by atoms with Crippen LogP contribution in [0.25, 0.3) is 32.8 Å². The van der Waals surface area contributed by atoms with Gasteiger partial charge in [0.1, 0.15) is 17.7 Å². The highest BCUT2D eigenvalue weighted by Gasteiger charge is 2.31. The number of ketones is 1. The summed E-state index contributed by atoms with van der Waals surface area (Å²) in [5, 5.41) is 2.06. The van der Waals surface area contributed by atoms with Crippen molar-refractivity contribution >= 4 is 33.4 Å². The van der Waals surface area contributed by atoms with E-state index in [2.05, 4.69) is 0 Å². The molecular weight excluding hydrogens is 471 g/mol. The number of aryl methyl sites for hydroxylation is 1. The van der Waals surface area contributed by atoms with Gasteiger partial charge in [0.2, 0.25) is 0 Å². The number of nitrogens with two attached hydrogens (primary N) is 1. The zero-order valence-corrected chi connectivity index (χ0v) is 21.6. The van der Waals surface area contributed by atoms with E-state index in [0.29, 0.717) is 34.0 Å². The Hall–Kier alpha value is -3.84. The first kappa shape index (κ1) is 24.8. The SMILES string of the molecule is CC(=O)[C@@H](OC(C)(C)C)c1c(C)cc2cc(C(N)=O)c(F)cc2c1-c1ccc2c3c(ccnc13)CCO2. The van der Waals surface area contributed by atoms with E-state index in [-0.39, 0.29) is 11.3 Å². The molecule has 7 heteroatoms. The minimum Gasteiger partial charge on any atom is -0.493 e. The predicted molar refractivity (Wildman–Crippen MR) is 141 cm³/mol. The zero-order chi connectivity index (χ0) is 26.6. The summed E-state index contributed by atoms with van der Waals surface area (Å²) in [5.74, 6) is -1.01. The van der Waals surface area contributed by atoms with E-state index < -0.39 is 23.4 Å². The van der Waals surface area contributed by atoms with Gasteiger partial charge in [-0.2, -0.15) is 0 Å². The summed E-state index contributed by atoms with van der Waals surface area (Å²) in [6.07, 6.45) is 1.60. The Morgan fingerprint density at radius 2 is 1.92 bits per heavy atom. The molecule has 1 atom stereocenters. The average molecular weight is 501 g/mol. The molecule has 0 saturated heterocycles. The standard InChI is InChI=1S/C30H29FN2O4/c1-15-12-18-13-21(29(32)35)22(31)14-20(18)26(24(15)28(16(2)34)37-30(3,4)5)19-6-7-23-25-17(9-11-36-23)8-10-33-27(19)25/h6-8,10,12-14,28H,9,11H2,1-5H3,(H2,32,35)/t28-/m1/s1. The fourth-order valence-electron chi connectivity index (χ4n) is 5.20. The molecule has 37 heavy (non-hydrogen) atoms. The smallest absolute Gasteiger partial charge is 0.251 e. The van der Waals surface area contributed by atoms with Crippen molar-refractivity contribution < 1.29 is 23.5 Å². The Kier molecular flexibility index (Phi) is 5.99. The summed E-state index contributed by atoms with van der Waals surface area (Å²) in [6.45, 7) is 9.62. The molecule has 2 N–H and O–H groups in total. The maximum atomic E-state index is 15.2. The zero-order valence-electron chi connectivity index (χ0n) is 21.6. The van der Waals surface area contributed by atoms with Crippen LogP contribution in [-0.4, -0.2) is 28.9 Å². The molecule has 5 rings (SSSR count). The Bertz CT molecular complexity index is 1590. The number of hydrogen-bond donors (Lipinski definition) is 1. The molecule has 0 bridgehead atoms. The number of fused-ring (bicyclic) bond motifs is 1. The van der Waals surface area contributed by atoms with E-state index in [0.717, 1.165) is 34.2 Å². The van der Waals surface area contributed by atoms with Gasteiger partial charge in [0.05, 0.1) is 23.3 Å². The summed E-state index contributed by atoms with van der Waals surface area (Å²) in [7, 11) is 0. The number of halogens is 1. The number of aromatic nitrogens is 1. The molecule has 1 aromatic heterocycles. The second kappa shape index (κ2) is 8.92. The van der Waals surface area contributed by atoms with E-state index in [1.165, 1.54) is 19.1 Å². The maximum absolute atomic E-state index is 15.2. The third kappa shape index (κ3) is 4.33. The number of carbonyl (C=O) groups excluding carboxylic acids is 2. The average Bonchev–Trinajstić information content (AvgIpc) is 2.82. The van der Waals surface area contributed by atoms with Gasteiger partial charge in [-0.3, -0.25) is 14.6 Å². The maximum Gasteiger partial charge on any atom is 0.251 e. The van der Waals surface area contributed by atoms with Crippen LogP contribution in [0.15, 0.2) is 42.6 Å². The molecule has 3 aromatic carbocycles. The fraction of sp³-hybridized carbons (Fsp3) is 0.300. The van der Waals surface area contributed by atoms with Crippen molar-refractivity contribution in [2.75, 3.05) is 6.61 Å². The lowest BCUT2D eigenvalue weighted by Gasteiger charge is -2.30. The lowest BCUT2D eigenvalue weighted by atomic mass is 9.84. The largest absolute Gasteiger partial charge is 0.493 e.